The van der Waals surface area contributed by atoms with Crippen molar-refractivity contribution in [3.63, 3.8) is 0 Å². The first-order valence-corrected chi connectivity index (χ1v) is 7.18. The minimum atomic E-state index is 0.259. The Hall–Kier alpha value is -1.72. The zero-order chi connectivity index (χ0) is 13.1. The van der Waals surface area contributed by atoms with Crippen molar-refractivity contribution in [1.82, 2.24) is 15.0 Å². The molecule has 0 unspecified atom stereocenters. The van der Waals surface area contributed by atoms with Crippen molar-refractivity contribution in [2.75, 3.05) is 11.9 Å². The highest BCUT2D eigenvalue weighted by molar-refractivity contribution is 7.07. The zero-order valence-corrected chi connectivity index (χ0v) is 11.6. The van der Waals surface area contributed by atoms with E-state index < -0.39 is 0 Å². The molecule has 0 saturated carbocycles. The second-order valence-corrected chi connectivity index (χ2v) is 5.07. The van der Waals surface area contributed by atoms with E-state index in [1.54, 1.807) is 11.3 Å². The van der Waals surface area contributed by atoms with Crippen molar-refractivity contribution in [1.29, 1.82) is 0 Å². The first-order chi connectivity index (χ1) is 9.33. The van der Waals surface area contributed by atoms with Crippen molar-refractivity contribution >= 4 is 39.7 Å². The number of nitrogens with one attached hydrogen (secondary N) is 1. The van der Waals surface area contributed by atoms with Crippen LogP contribution >= 0.6 is 22.9 Å². The predicted molar refractivity (Wildman–Crippen MR) is 78.9 cm³/mol. The third-order valence-electron chi connectivity index (χ3n) is 2.73. The highest BCUT2D eigenvalue weighted by Gasteiger charge is 2.05. The first-order valence-electron chi connectivity index (χ1n) is 5.86. The molecule has 0 radical (unpaired) electrons. The minimum Gasteiger partial charge on any atom is -0.369 e. The topological polar surface area (TPSA) is 50.7 Å². The van der Waals surface area contributed by atoms with Crippen LogP contribution in [0.25, 0.3) is 10.9 Å². The molecule has 0 aliphatic rings. The average molecular weight is 291 g/mol. The Morgan fingerprint density at radius 3 is 2.95 bits per heavy atom. The molecule has 0 amide bonds. The summed E-state index contributed by atoms with van der Waals surface area (Å²) >= 11 is 7.53. The van der Waals surface area contributed by atoms with Crippen LogP contribution in [0.2, 0.25) is 5.28 Å². The molecule has 3 aromatic rings. The number of nitrogens with zero attached hydrogens (tertiary/aromatic N) is 3. The molecule has 0 spiro atoms. The molecule has 6 heteroatoms. The van der Waals surface area contributed by atoms with Gasteiger partial charge in [-0.2, -0.15) is 0 Å². The maximum Gasteiger partial charge on any atom is 0.224 e. The van der Waals surface area contributed by atoms with Crippen molar-refractivity contribution in [3.8, 4) is 0 Å². The van der Waals surface area contributed by atoms with Crippen LogP contribution in [0.3, 0.4) is 0 Å². The molecule has 0 aliphatic heterocycles. The van der Waals surface area contributed by atoms with Gasteiger partial charge in [-0.1, -0.05) is 12.1 Å². The van der Waals surface area contributed by atoms with Gasteiger partial charge in [0.1, 0.15) is 5.82 Å². The smallest absolute Gasteiger partial charge is 0.224 e. The fraction of sp³-hybridized carbons (Fsp3) is 0.154. The summed E-state index contributed by atoms with van der Waals surface area (Å²) in [6.45, 7) is 0.765. The van der Waals surface area contributed by atoms with Gasteiger partial charge in [-0.15, -0.1) is 11.3 Å². The van der Waals surface area contributed by atoms with Gasteiger partial charge in [0.15, 0.2) is 0 Å². The number of benzene rings is 1. The Morgan fingerprint density at radius 2 is 2.11 bits per heavy atom. The second kappa shape index (κ2) is 5.50. The molecule has 2 aromatic heterocycles. The Balaban J connectivity index is 1.80. The summed E-state index contributed by atoms with van der Waals surface area (Å²) in [4.78, 5) is 12.7. The van der Waals surface area contributed by atoms with E-state index in [9.17, 15) is 0 Å². The lowest BCUT2D eigenvalue weighted by Crippen LogP contribution is -2.07. The molecule has 1 N–H and O–H groups in total. The molecule has 2 heterocycles. The average Bonchev–Trinajstić information content (AvgIpc) is 2.91. The van der Waals surface area contributed by atoms with Gasteiger partial charge in [0.2, 0.25) is 5.28 Å². The van der Waals surface area contributed by atoms with Crippen LogP contribution in [0.4, 0.5) is 5.82 Å². The van der Waals surface area contributed by atoms with Gasteiger partial charge in [0, 0.05) is 23.7 Å². The number of thiazole rings is 1. The van der Waals surface area contributed by atoms with E-state index in [0.717, 1.165) is 35.4 Å². The fourth-order valence-electron chi connectivity index (χ4n) is 1.85. The lowest BCUT2D eigenvalue weighted by molar-refractivity contribution is 0.969. The van der Waals surface area contributed by atoms with Crippen molar-refractivity contribution < 1.29 is 0 Å². The summed E-state index contributed by atoms with van der Waals surface area (Å²) in [6.07, 6.45) is 0.861. The standard InChI is InChI=1S/C13H11ClN4S/c14-13-17-11-4-2-1-3-10(11)12(18-13)15-6-5-9-7-19-8-16-9/h1-4,7-8H,5-6H2,(H,15,17,18). The highest BCUT2D eigenvalue weighted by Crippen LogP contribution is 2.21. The predicted octanol–water partition coefficient (Wildman–Crippen LogP) is 3.39. The SMILES string of the molecule is Clc1nc(NCCc2cscn2)c2ccccc2n1. The Labute approximate surface area is 119 Å². The van der Waals surface area contributed by atoms with Crippen LogP contribution in [0, 0.1) is 0 Å². The normalized spacial score (nSPS) is 10.8. The van der Waals surface area contributed by atoms with Crippen LogP contribution in [0.1, 0.15) is 5.69 Å². The Kier molecular flexibility index (Phi) is 3.57. The Bertz CT molecular complexity index is 684. The van der Waals surface area contributed by atoms with E-state index in [0.29, 0.717) is 0 Å². The number of rotatable bonds is 4. The number of anilines is 1. The number of aromatic nitrogens is 3. The van der Waals surface area contributed by atoms with Gasteiger partial charge >= 0.3 is 0 Å². The van der Waals surface area contributed by atoms with Gasteiger partial charge in [-0.25, -0.2) is 15.0 Å². The quantitative estimate of drug-likeness (QED) is 0.748. The van der Waals surface area contributed by atoms with Crippen LogP contribution < -0.4 is 5.32 Å². The maximum absolute atomic E-state index is 5.93. The van der Waals surface area contributed by atoms with Gasteiger partial charge < -0.3 is 5.32 Å². The van der Waals surface area contributed by atoms with Crippen LogP contribution in [-0.2, 0) is 6.42 Å². The second-order valence-electron chi connectivity index (χ2n) is 4.01. The molecule has 0 saturated heterocycles. The molecule has 0 bridgehead atoms. The lowest BCUT2D eigenvalue weighted by atomic mass is 10.2. The molecule has 0 atom stereocenters. The highest BCUT2D eigenvalue weighted by atomic mass is 35.5. The van der Waals surface area contributed by atoms with Crippen LogP contribution in [-0.4, -0.2) is 21.5 Å². The first kappa shape index (κ1) is 12.3. The number of halogens is 1. The van der Waals surface area contributed by atoms with E-state index in [-0.39, 0.29) is 5.28 Å². The van der Waals surface area contributed by atoms with Crippen molar-refractivity contribution in [2.24, 2.45) is 0 Å². The molecule has 96 valence electrons. The summed E-state index contributed by atoms with van der Waals surface area (Å²) in [5, 5.41) is 6.58. The molecule has 0 aliphatic carbocycles. The van der Waals surface area contributed by atoms with E-state index in [2.05, 4.69) is 20.3 Å². The molecule has 3 rings (SSSR count). The summed E-state index contributed by atoms with van der Waals surface area (Å²) in [6, 6.07) is 7.81. The van der Waals surface area contributed by atoms with Gasteiger partial charge in [-0.3, -0.25) is 0 Å². The molecule has 0 fully saturated rings. The van der Waals surface area contributed by atoms with Crippen LogP contribution in [0.5, 0.6) is 0 Å². The summed E-state index contributed by atoms with van der Waals surface area (Å²) in [5.41, 5.74) is 3.77. The monoisotopic (exact) mass is 290 g/mol. The van der Waals surface area contributed by atoms with E-state index in [4.69, 9.17) is 11.6 Å². The number of hydrogen-bond acceptors (Lipinski definition) is 5. The molecular weight excluding hydrogens is 280 g/mol. The Morgan fingerprint density at radius 1 is 1.21 bits per heavy atom. The summed E-state index contributed by atoms with van der Waals surface area (Å²) < 4.78 is 0. The molecular formula is C13H11ClN4S. The zero-order valence-electron chi connectivity index (χ0n) is 10.0. The van der Waals surface area contributed by atoms with Gasteiger partial charge in [0.05, 0.1) is 16.7 Å². The lowest BCUT2D eigenvalue weighted by Gasteiger charge is -2.08. The van der Waals surface area contributed by atoms with Gasteiger partial charge in [-0.05, 0) is 23.7 Å². The third-order valence-corrected chi connectivity index (χ3v) is 3.54. The van der Waals surface area contributed by atoms with Crippen molar-refractivity contribution in [3.05, 3.63) is 46.1 Å². The van der Waals surface area contributed by atoms with Gasteiger partial charge in [0.25, 0.3) is 0 Å². The fourth-order valence-corrected chi connectivity index (χ4v) is 2.62. The largest absolute Gasteiger partial charge is 0.369 e. The molecule has 19 heavy (non-hydrogen) atoms. The van der Waals surface area contributed by atoms with E-state index in [1.807, 2.05) is 35.2 Å². The van der Waals surface area contributed by atoms with E-state index in [1.165, 1.54) is 0 Å². The number of fused-ring (bicyclic) bond motifs is 1. The number of para-hydroxylation sites is 1. The number of hydrogen-bond donors (Lipinski definition) is 1. The summed E-state index contributed by atoms with van der Waals surface area (Å²) in [7, 11) is 0. The minimum absolute atomic E-state index is 0.259. The molecule has 1 aromatic carbocycles. The third kappa shape index (κ3) is 2.83. The van der Waals surface area contributed by atoms with E-state index >= 15 is 0 Å². The molecule has 4 nitrogen and oxygen atoms in total. The van der Waals surface area contributed by atoms with Crippen molar-refractivity contribution in [2.45, 2.75) is 6.42 Å². The maximum atomic E-state index is 5.93. The summed E-state index contributed by atoms with van der Waals surface area (Å²) in [5.74, 6) is 0.769. The van der Waals surface area contributed by atoms with Crippen LogP contribution in [0.15, 0.2) is 35.2 Å².